The molecule has 0 aliphatic carbocycles. The lowest BCUT2D eigenvalue weighted by molar-refractivity contribution is -0.155. The second-order valence-electron chi connectivity index (χ2n) is 15.3. The van der Waals surface area contributed by atoms with Crippen LogP contribution >= 0.6 is 15.9 Å². The molecule has 0 radical (unpaired) electrons. The molecular weight excluding hydrogens is 784 g/mol. The van der Waals surface area contributed by atoms with E-state index in [1.807, 2.05) is 42.5 Å². The maximum Gasteiger partial charge on any atom is 0.306 e. The first-order valence-corrected chi connectivity index (χ1v) is 23.1. The van der Waals surface area contributed by atoms with Crippen LogP contribution in [0, 0.1) is 0 Å². The van der Waals surface area contributed by atoms with Gasteiger partial charge in [-0.3, -0.25) is 9.59 Å². The summed E-state index contributed by atoms with van der Waals surface area (Å²) in [7, 11) is 0. The predicted molar refractivity (Wildman–Crippen MR) is 237 cm³/mol. The zero-order valence-electron chi connectivity index (χ0n) is 35.7. The van der Waals surface area contributed by atoms with Gasteiger partial charge in [-0.15, -0.1) is 0 Å². The maximum atomic E-state index is 13.0. The minimum Gasteiger partial charge on any atom is -0.488 e. The molecule has 0 bridgehead atoms. The minimum absolute atomic E-state index is 0.147. The molecule has 2 atom stereocenters. The molecule has 0 amide bonds. The third kappa shape index (κ3) is 19.2. The van der Waals surface area contributed by atoms with Gasteiger partial charge < -0.3 is 28.4 Å². The third-order valence-corrected chi connectivity index (χ3v) is 10.7. The molecule has 320 valence electrons. The Labute approximate surface area is 352 Å². The van der Waals surface area contributed by atoms with Crippen LogP contribution < -0.4 is 9.47 Å². The van der Waals surface area contributed by atoms with Crippen molar-refractivity contribution >= 4 is 49.4 Å². The summed E-state index contributed by atoms with van der Waals surface area (Å²) < 4.78 is 38.3. The molecule has 0 saturated heterocycles. The third-order valence-electron chi connectivity index (χ3n) is 10.2. The number of halogens is 1. The van der Waals surface area contributed by atoms with E-state index in [0.717, 1.165) is 103 Å². The van der Waals surface area contributed by atoms with Gasteiger partial charge in [0.05, 0.1) is 13.2 Å². The van der Waals surface area contributed by atoms with E-state index in [4.69, 9.17) is 28.4 Å². The van der Waals surface area contributed by atoms with Crippen molar-refractivity contribution in [3.05, 3.63) is 46.9 Å². The number of carbonyl (C=O) groups excluding carboxylic acids is 2. The van der Waals surface area contributed by atoms with Crippen molar-refractivity contribution < 1.29 is 38.0 Å². The number of hydrogen-bond donors (Lipinski definition) is 0. The SMILES string of the molecule is CCCCCCCOCC(COc1c2ccccc2c(OCC(COCCCCCCC)OC(=O)CCCCCC)c2cc(Br)ccc12)OC(=O)CCCCCC. The Morgan fingerprint density at radius 1 is 0.491 bits per heavy atom. The highest BCUT2D eigenvalue weighted by atomic mass is 79.9. The van der Waals surface area contributed by atoms with Crippen molar-refractivity contribution in [3.8, 4) is 11.5 Å². The summed E-state index contributed by atoms with van der Waals surface area (Å²) in [5, 5.41) is 3.46. The Morgan fingerprint density at radius 3 is 1.35 bits per heavy atom. The summed E-state index contributed by atoms with van der Waals surface area (Å²) in [5.41, 5.74) is 0. The maximum absolute atomic E-state index is 13.0. The molecule has 3 rings (SSSR count). The highest BCUT2D eigenvalue weighted by Crippen LogP contribution is 2.44. The normalized spacial score (nSPS) is 12.5. The molecule has 0 fully saturated rings. The summed E-state index contributed by atoms with van der Waals surface area (Å²) in [4.78, 5) is 25.9. The first-order chi connectivity index (χ1) is 27.9. The molecular formula is C48H73BrO8. The lowest BCUT2D eigenvalue weighted by atomic mass is 10.0. The van der Waals surface area contributed by atoms with Gasteiger partial charge in [-0.25, -0.2) is 0 Å². The van der Waals surface area contributed by atoms with Gasteiger partial charge in [-0.05, 0) is 43.9 Å². The number of rotatable bonds is 34. The van der Waals surface area contributed by atoms with Crippen molar-refractivity contribution in [2.45, 2.75) is 168 Å². The number of benzene rings is 3. The van der Waals surface area contributed by atoms with Gasteiger partial charge in [0.1, 0.15) is 24.7 Å². The Hall–Kier alpha value is -2.88. The molecule has 2 unspecified atom stereocenters. The molecule has 3 aromatic rings. The average molecular weight is 858 g/mol. The second-order valence-corrected chi connectivity index (χ2v) is 16.3. The molecule has 3 aromatic carbocycles. The van der Waals surface area contributed by atoms with Crippen LogP contribution in [0.15, 0.2) is 46.9 Å². The van der Waals surface area contributed by atoms with Crippen LogP contribution in [0.4, 0.5) is 0 Å². The summed E-state index contributed by atoms with van der Waals surface area (Å²) in [6.07, 6.45) is 19.2. The Morgan fingerprint density at radius 2 is 0.895 bits per heavy atom. The van der Waals surface area contributed by atoms with Crippen LogP contribution in [-0.2, 0) is 28.5 Å². The van der Waals surface area contributed by atoms with Crippen LogP contribution in [0.2, 0.25) is 0 Å². The van der Waals surface area contributed by atoms with Gasteiger partial charge in [0, 0.05) is 52.1 Å². The second kappa shape index (κ2) is 30.2. The molecule has 0 aliphatic heterocycles. The Bertz CT molecular complexity index is 1540. The fourth-order valence-corrected chi connectivity index (χ4v) is 7.26. The van der Waals surface area contributed by atoms with Crippen LogP contribution in [0.5, 0.6) is 11.5 Å². The fraction of sp³-hybridized carbons (Fsp3) is 0.667. The highest BCUT2D eigenvalue weighted by Gasteiger charge is 2.23. The molecule has 0 aromatic heterocycles. The van der Waals surface area contributed by atoms with Crippen LogP contribution in [0.3, 0.4) is 0 Å². The summed E-state index contributed by atoms with van der Waals surface area (Å²) >= 11 is 3.68. The fourth-order valence-electron chi connectivity index (χ4n) is 6.89. The Kier molecular flexibility index (Phi) is 25.7. The molecule has 57 heavy (non-hydrogen) atoms. The van der Waals surface area contributed by atoms with E-state index in [1.165, 1.54) is 38.5 Å². The van der Waals surface area contributed by atoms with Crippen molar-refractivity contribution in [2.75, 3.05) is 39.6 Å². The number of esters is 2. The van der Waals surface area contributed by atoms with Gasteiger partial charge in [-0.2, -0.15) is 0 Å². The molecule has 0 saturated carbocycles. The first-order valence-electron chi connectivity index (χ1n) is 22.4. The topological polar surface area (TPSA) is 89.5 Å². The van der Waals surface area contributed by atoms with E-state index in [2.05, 4.69) is 43.6 Å². The van der Waals surface area contributed by atoms with Gasteiger partial charge in [-0.1, -0.05) is 158 Å². The molecule has 8 nitrogen and oxygen atoms in total. The zero-order chi connectivity index (χ0) is 40.9. The van der Waals surface area contributed by atoms with Crippen molar-refractivity contribution in [1.29, 1.82) is 0 Å². The van der Waals surface area contributed by atoms with Gasteiger partial charge >= 0.3 is 11.9 Å². The number of carbonyl (C=O) groups is 2. The van der Waals surface area contributed by atoms with Gasteiger partial charge in [0.15, 0.2) is 12.2 Å². The lowest BCUT2D eigenvalue weighted by Crippen LogP contribution is -2.30. The quantitative estimate of drug-likeness (QED) is 0.0333. The average Bonchev–Trinajstić information content (AvgIpc) is 3.21. The van der Waals surface area contributed by atoms with E-state index in [1.54, 1.807) is 0 Å². The summed E-state index contributed by atoms with van der Waals surface area (Å²) in [5.74, 6) is 0.930. The zero-order valence-corrected chi connectivity index (χ0v) is 37.3. The lowest BCUT2D eigenvalue weighted by Gasteiger charge is -2.23. The first kappa shape index (κ1) is 48.5. The number of ether oxygens (including phenoxy) is 6. The highest BCUT2D eigenvalue weighted by molar-refractivity contribution is 9.10. The van der Waals surface area contributed by atoms with Gasteiger partial charge in [0.2, 0.25) is 0 Å². The molecule has 9 heteroatoms. The van der Waals surface area contributed by atoms with E-state index in [0.29, 0.717) is 37.6 Å². The minimum atomic E-state index is -0.555. The van der Waals surface area contributed by atoms with E-state index < -0.39 is 12.2 Å². The molecule has 0 spiro atoms. The molecule has 0 heterocycles. The van der Waals surface area contributed by atoms with E-state index >= 15 is 0 Å². The smallest absolute Gasteiger partial charge is 0.306 e. The van der Waals surface area contributed by atoms with Crippen molar-refractivity contribution in [1.82, 2.24) is 0 Å². The van der Waals surface area contributed by atoms with Crippen molar-refractivity contribution in [3.63, 3.8) is 0 Å². The van der Waals surface area contributed by atoms with Gasteiger partial charge in [0.25, 0.3) is 0 Å². The number of unbranched alkanes of at least 4 members (excludes halogenated alkanes) is 14. The largest absolute Gasteiger partial charge is 0.488 e. The standard InChI is InChI=1S/C48H73BrO8/c1-5-9-13-17-23-31-52-34-39(56-45(50)27-19-15-11-7-3)36-54-47-41-25-21-22-26-42(41)48(44-33-38(49)29-30-43(44)47)55-37-40(35-53-32-24-18-14-10-6-2)57-46(51)28-20-16-12-8-4/h21-22,25-26,29-30,33,39-40H,5-20,23-24,27-28,31-32,34-37H2,1-4H3. The van der Waals surface area contributed by atoms with Crippen molar-refractivity contribution in [2.24, 2.45) is 0 Å². The summed E-state index contributed by atoms with van der Waals surface area (Å²) in [6.45, 7) is 10.8. The van der Waals surface area contributed by atoms with Crippen LogP contribution in [0.1, 0.15) is 156 Å². The Balaban J connectivity index is 1.83. The predicted octanol–water partition coefficient (Wildman–Crippen LogP) is 13.3. The monoisotopic (exact) mass is 856 g/mol. The van der Waals surface area contributed by atoms with E-state index in [-0.39, 0.29) is 38.4 Å². The van der Waals surface area contributed by atoms with E-state index in [9.17, 15) is 9.59 Å². The van der Waals surface area contributed by atoms with Crippen LogP contribution in [-0.4, -0.2) is 63.8 Å². The summed E-state index contributed by atoms with van der Waals surface area (Å²) in [6, 6.07) is 14.0. The molecule has 0 aliphatic rings. The van der Waals surface area contributed by atoms with Crippen LogP contribution in [0.25, 0.3) is 21.5 Å². The number of fused-ring (bicyclic) bond motifs is 2. The molecule has 0 N–H and O–H groups in total. The number of hydrogen-bond acceptors (Lipinski definition) is 8.